The van der Waals surface area contributed by atoms with Gasteiger partial charge in [0.25, 0.3) is 5.69 Å². The molecule has 0 aromatic heterocycles. The summed E-state index contributed by atoms with van der Waals surface area (Å²) in [6.45, 7) is 7.27. The lowest BCUT2D eigenvalue weighted by Gasteiger charge is -2.34. The van der Waals surface area contributed by atoms with Gasteiger partial charge in [0.1, 0.15) is 0 Å². The van der Waals surface area contributed by atoms with E-state index in [1.54, 1.807) is 12.1 Å². The van der Waals surface area contributed by atoms with E-state index in [4.69, 9.17) is 14.5 Å². The van der Waals surface area contributed by atoms with Gasteiger partial charge in [-0.1, -0.05) is 12.1 Å². The van der Waals surface area contributed by atoms with Crippen LogP contribution in [0.4, 0.5) is 5.69 Å². The maximum absolute atomic E-state index is 10.7. The SMILES string of the molecule is CCNC(=NCCCCc1ccc([N+](=O)[O-])cc1)N1CCC(OCC2CCCO2)CC1.I. The molecule has 1 atom stereocenters. The van der Waals surface area contributed by atoms with Crippen molar-refractivity contribution in [2.45, 2.75) is 64.1 Å². The van der Waals surface area contributed by atoms with Crippen molar-refractivity contribution in [2.75, 3.05) is 39.4 Å². The number of rotatable bonds is 10. The number of nitrogens with one attached hydrogen (secondary N) is 1. The van der Waals surface area contributed by atoms with E-state index in [9.17, 15) is 10.1 Å². The van der Waals surface area contributed by atoms with Gasteiger partial charge in [0.15, 0.2) is 5.96 Å². The molecule has 0 aliphatic carbocycles. The molecule has 2 heterocycles. The number of aliphatic imine (C=N–C) groups is 1. The van der Waals surface area contributed by atoms with Gasteiger partial charge in [0.2, 0.25) is 0 Å². The molecule has 8 nitrogen and oxygen atoms in total. The number of benzene rings is 1. The molecule has 2 aliphatic heterocycles. The number of guanidine groups is 1. The average molecular weight is 560 g/mol. The Kier molecular flexibility index (Phi) is 12.3. The number of non-ortho nitro benzene ring substituents is 1. The number of unbranched alkanes of at least 4 members (excludes halogenated alkanes) is 1. The quantitative estimate of drug-likeness (QED) is 0.116. The van der Waals surface area contributed by atoms with Crippen LogP contribution in [0.2, 0.25) is 0 Å². The Labute approximate surface area is 208 Å². The normalized spacial score (nSPS) is 19.6. The Bertz CT molecular complexity index is 702. The van der Waals surface area contributed by atoms with E-state index in [0.29, 0.717) is 12.2 Å². The Hall–Kier alpha value is -1.46. The van der Waals surface area contributed by atoms with Crippen molar-refractivity contribution in [3.8, 4) is 0 Å². The molecule has 1 N–H and O–H groups in total. The van der Waals surface area contributed by atoms with Gasteiger partial charge in [-0.2, -0.15) is 0 Å². The van der Waals surface area contributed by atoms with Gasteiger partial charge in [-0.15, -0.1) is 24.0 Å². The first-order valence-corrected chi connectivity index (χ1v) is 11.7. The monoisotopic (exact) mass is 560 g/mol. The lowest BCUT2D eigenvalue weighted by atomic mass is 10.1. The minimum absolute atomic E-state index is 0. The van der Waals surface area contributed by atoms with Crippen molar-refractivity contribution in [1.82, 2.24) is 10.2 Å². The molecule has 3 rings (SSSR count). The predicted octanol–water partition coefficient (Wildman–Crippen LogP) is 4.16. The van der Waals surface area contributed by atoms with Crippen LogP contribution in [-0.2, 0) is 15.9 Å². The second kappa shape index (κ2) is 14.6. The number of likely N-dealkylation sites (tertiary alicyclic amines) is 1. The average Bonchev–Trinajstić information content (AvgIpc) is 3.31. The number of ether oxygens (including phenoxy) is 2. The molecular weight excluding hydrogens is 523 g/mol. The van der Waals surface area contributed by atoms with Gasteiger partial charge in [-0.3, -0.25) is 15.1 Å². The zero-order valence-electron chi connectivity index (χ0n) is 19.0. The summed E-state index contributed by atoms with van der Waals surface area (Å²) in [6.07, 6.45) is 7.87. The summed E-state index contributed by atoms with van der Waals surface area (Å²) in [5.74, 6) is 0.996. The van der Waals surface area contributed by atoms with Crippen LogP contribution in [0.5, 0.6) is 0 Å². The minimum Gasteiger partial charge on any atom is -0.376 e. The second-order valence-electron chi connectivity index (χ2n) is 8.27. The summed E-state index contributed by atoms with van der Waals surface area (Å²) in [5.41, 5.74) is 1.27. The third kappa shape index (κ3) is 8.82. The number of piperidine rings is 1. The number of halogens is 1. The highest BCUT2D eigenvalue weighted by molar-refractivity contribution is 14.0. The third-order valence-corrected chi connectivity index (χ3v) is 5.90. The molecular formula is C23H37IN4O4. The molecule has 0 bridgehead atoms. The van der Waals surface area contributed by atoms with E-state index in [1.165, 1.54) is 0 Å². The van der Waals surface area contributed by atoms with Crippen LogP contribution in [0, 0.1) is 10.1 Å². The smallest absolute Gasteiger partial charge is 0.269 e. The van der Waals surface area contributed by atoms with Crippen LogP contribution >= 0.6 is 24.0 Å². The molecule has 1 aromatic carbocycles. The molecule has 0 spiro atoms. The van der Waals surface area contributed by atoms with E-state index in [0.717, 1.165) is 95.9 Å². The van der Waals surface area contributed by atoms with E-state index in [1.807, 2.05) is 12.1 Å². The number of hydrogen-bond acceptors (Lipinski definition) is 5. The second-order valence-corrected chi connectivity index (χ2v) is 8.27. The van der Waals surface area contributed by atoms with Gasteiger partial charge >= 0.3 is 0 Å². The molecule has 2 saturated heterocycles. The van der Waals surface area contributed by atoms with Crippen LogP contribution < -0.4 is 5.32 Å². The molecule has 2 fully saturated rings. The standard InChI is InChI=1S/C23H36N4O4.HI/c1-2-24-23(25-14-4-3-6-19-8-10-20(11-9-19)27(28)29)26-15-12-21(13-16-26)31-18-22-7-5-17-30-22;/h8-11,21-22H,2-7,12-18H2,1H3,(H,24,25);1H. The summed E-state index contributed by atoms with van der Waals surface area (Å²) < 4.78 is 11.7. The summed E-state index contributed by atoms with van der Waals surface area (Å²) in [7, 11) is 0. The molecule has 9 heteroatoms. The fourth-order valence-electron chi connectivity index (χ4n) is 4.09. The lowest BCUT2D eigenvalue weighted by Crippen LogP contribution is -2.47. The van der Waals surface area contributed by atoms with Crippen molar-refractivity contribution in [2.24, 2.45) is 4.99 Å². The first kappa shape index (κ1) is 26.8. The number of aryl methyl sites for hydroxylation is 1. The van der Waals surface area contributed by atoms with Crippen molar-refractivity contribution in [3.05, 3.63) is 39.9 Å². The fraction of sp³-hybridized carbons (Fsp3) is 0.696. The summed E-state index contributed by atoms with van der Waals surface area (Å²) >= 11 is 0. The highest BCUT2D eigenvalue weighted by Crippen LogP contribution is 2.18. The third-order valence-electron chi connectivity index (χ3n) is 5.90. The van der Waals surface area contributed by atoms with Crippen LogP contribution in [-0.4, -0.2) is 67.4 Å². The largest absolute Gasteiger partial charge is 0.376 e. The molecule has 2 aliphatic rings. The van der Waals surface area contributed by atoms with Gasteiger partial charge in [-0.05, 0) is 57.4 Å². The van der Waals surface area contributed by atoms with Gasteiger partial charge in [0.05, 0.1) is 23.7 Å². The summed E-state index contributed by atoms with van der Waals surface area (Å²) in [4.78, 5) is 17.5. The topological polar surface area (TPSA) is 89.2 Å². The van der Waals surface area contributed by atoms with E-state index >= 15 is 0 Å². The summed E-state index contributed by atoms with van der Waals surface area (Å²) in [5, 5.41) is 14.2. The van der Waals surface area contributed by atoms with Crippen molar-refractivity contribution in [1.29, 1.82) is 0 Å². The van der Waals surface area contributed by atoms with Gasteiger partial charge in [-0.25, -0.2) is 0 Å². The fourth-order valence-corrected chi connectivity index (χ4v) is 4.09. The maximum Gasteiger partial charge on any atom is 0.269 e. The Morgan fingerprint density at radius 2 is 2.00 bits per heavy atom. The zero-order valence-corrected chi connectivity index (χ0v) is 21.4. The number of nitro groups is 1. The Morgan fingerprint density at radius 1 is 1.25 bits per heavy atom. The van der Waals surface area contributed by atoms with E-state index < -0.39 is 0 Å². The van der Waals surface area contributed by atoms with Crippen LogP contribution in [0.25, 0.3) is 0 Å². The first-order valence-electron chi connectivity index (χ1n) is 11.7. The van der Waals surface area contributed by atoms with E-state index in [-0.39, 0.29) is 34.6 Å². The predicted molar refractivity (Wildman–Crippen MR) is 137 cm³/mol. The zero-order chi connectivity index (χ0) is 21.9. The molecule has 0 saturated carbocycles. The van der Waals surface area contributed by atoms with Gasteiger partial charge < -0.3 is 19.7 Å². The van der Waals surface area contributed by atoms with Crippen LogP contribution in [0.1, 0.15) is 51.0 Å². The lowest BCUT2D eigenvalue weighted by molar-refractivity contribution is -0.384. The Morgan fingerprint density at radius 3 is 2.62 bits per heavy atom. The van der Waals surface area contributed by atoms with Crippen molar-refractivity contribution >= 4 is 35.6 Å². The molecule has 1 unspecified atom stereocenters. The molecule has 0 amide bonds. The molecule has 0 radical (unpaired) electrons. The van der Waals surface area contributed by atoms with E-state index in [2.05, 4.69) is 17.1 Å². The molecule has 180 valence electrons. The summed E-state index contributed by atoms with van der Waals surface area (Å²) in [6, 6.07) is 6.84. The van der Waals surface area contributed by atoms with Crippen molar-refractivity contribution in [3.63, 3.8) is 0 Å². The number of hydrogen-bond donors (Lipinski definition) is 1. The molecule has 1 aromatic rings. The van der Waals surface area contributed by atoms with Crippen molar-refractivity contribution < 1.29 is 14.4 Å². The minimum atomic E-state index is -0.361. The van der Waals surface area contributed by atoms with Crippen LogP contribution in [0.3, 0.4) is 0 Å². The first-order chi connectivity index (χ1) is 15.2. The highest BCUT2D eigenvalue weighted by atomic mass is 127. The maximum atomic E-state index is 10.7. The Balaban J connectivity index is 0.00000363. The molecule has 32 heavy (non-hydrogen) atoms. The van der Waals surface area contributed by atoms with Crippen LogP contribution in [0.15, 0.2) is 29.3 Å². The number of nitro benzene ring substituents is 1. The highest BCUT2D eigenvalue weighted by Gasteiger charge is 2.24. The van der Waals surface area contributed by atoms with Gasteiger partial charge in [0, 0.05) is 44.9 Å². The number of nitrogens with zero attached hydrogens (tertiary/aromatic N) is 3.